The maximum Gasteiger partial charge on any atom is 0.248 e. The molecule has 9 nitrogen and oxygen atoms in total. The van der Waals surface area contributed by atoms with E-state index in [1.807, 2.05) is 73.8 Å². The van der Waals surface area contributed by atoms with E-state index >= 15 is 0 Å². The van der Waals surface area contributed by atoms with Crippen LogP contribution >= 0.6 is 34.2 Å². The van der Waals surface area contributed by atoms with Gasteiger partial charge >= 0.3 is 0 Å². The summed E-state index contributed by atoms with van der Waals surface area (Å²) >= 11 is 8.56. The molecule has 0 fully saturated rings. The number of anilines is 1. The number of hydrogen-bond acceptors (Lipinski definition) is 7. The Labute approximate surface area is 218 Å². The maximum atomic E-state index is 12.3. The smallest absolute Gasteiger partial charge is 0.248 e. The van der Waals surface area contributed by atoms with Crippen molar-refractivity contribution in [2.24, 2.45) is 7.05 Å². The topological polar surface area (TPSA) is 107 Å². The summed E-state index contributed by atoms with van der Waals surface area (Å²) in [7, 11) is 1.81. The second kappa shape index (κ2) is 8.40. The highest BCUT2D eigenvalue weighted by atomic mass is 127. The Morgan fingerprint density at radius 1 is 1.03 bits per heavy atom. The maximum absolute atomic E-state index is 12.3. The lowest BCUT2D eigenvalue weighted by Crippen LogP contribution is -2.33. The molecule has 11 heteroatoms. The second-order valence-corrected chi connectivity index (χ2v) is 9.99. The average molecular weight is 597 g/mol. The zero-order chi connectivity index (χ0) is 24.2. The van der Waals surface area contributed by atoms with Gasteiger partial charge < -0.3 is 15.0 Å². The summed E-state index contributed by atoms with van der Waals surface area (Å²) < 4.78 is 4.43. The fourth-order valence-electron chi connectivity index (χ4n) is 4.53. The van der Waals surface area contributed by atoms with E-state index in [1.54, 1.807) is 15.6 Å². The van der Waals surface area contributed by atoms with Gasteiger partial charge in [0, 0.05) is 21.2 Å². The minimum Gasteiger partial charge on any atom is -0.373 e. The van der Waals surface area contributed by atoms with E-state index in [0.717, 1.165) is 20.4 Å². The van der Waals surface area contributed by atoms with E-state index < -0.39 is 5.60 Å². The quantitative estimate of drug-likeness (QED) is 0.304. The van der Waals surface area contributed by atoms with E-state index in [0.29, 0.717) is 27.9 Å². The van der Waals surface area contributed by atoms with Crippen molar-refractivity contribution in [1.29, 1.82) is 0 Å². The van der Waals surface area contributed by atoms with Gasteiger partial charge in [-0.05, 0) is 86.1 Å². The van der Waals surface area contributed by atoms with Crippen LogP contribution in [0, 0.1) is 3.57 Å². The van der Waals surface area contributed by atoms with Crippen molar-refractivity contribution in [3.05, 3.63) is 110 Å². The lowest BCUT2D eigenvalue weighted by Gasteiger charge is -2.32. The SMILES string of the molecule is Cn1cnnc1C(O)(c1ccc(I)cc1)c1ccc2c(c1)C(c1cccc(Cl)c1)Nc1nnnn1-2. The van der Waals surface area contributed by atoms with Gasteiger partial charge in [-0.25, -0.2) is 0 Å². The largest absolute Gasteiger partial charge is 0.373 e. The van der Waals surface area contributed by atoms with Gasteiger partial charge in [0.05, 0.1) is 11.7 Å². The van der Waals surface area contributed by atoms with E-state index in [4.69, 9.17) is 11.6 Å². The highest BCUT2D eigenvalue weighted by molar-refractivity contribution is 14.1. The van der Waals surface area contributed by atoms with Crippen LogP contribution in [0.2, 0.25) is 5.02 Å². The highest BCUT2D eigenvalue weighted by Gasteiger charge is 2.40. The van der Waals surface area contributed by atoms with Crippen molar-refractivity contribution in [2.45, 2.75) is 11.6 Å². The first-order valence-corrected chi connectivity index (χ1v) is 12.2. The number of benzene rings is 3. The Morgan fingerprint density at radius 2 is 1.83 bits per heavy atom. The fraction of sp³-hybridized carbons (Fsp3) is 0.125. The number of nitrogens with one attached hydrogen (secondary N) is 1. The lowest BCUT2D eigenvalue weighted by atomic mass is 9.83. The Bertz CT molecular complexity index is 1550. The molecule has 0 amide bonds. The van der Waals surface area contributed by atoms with Crippen molar-refractivity contribution in [3.8, 4) is 5.69 Å². The molecule has 0 bridgehead atoms. The number of tetrazole rings is 1. The molecule has 174 valence electrons. The van der Waals surface area contributed by atoms with Crippen molar-refractivity contribution in [2.75, 3.05) is 5.32 Å². The molecule has 0 aliphatic carbocycles. The van der Waals surface area contributed by atoms with E-state index in [1.165, 1.54) is 0 Å². The molecule has 3 aromatic carbocycles. The van der Waals surface area contributed by atoms with Gasteiger partial charge in [-0.1, -0.05) is 47.0 Å². The second-order valence-electron chi connectivity index (χ2n) is 8.30. The van der Waals surface area contributed by atoms with Crippen LogP contribution in [0.3, 0.4) is 0 Å². The van der Waals surface area contributed by atoms with Crippen LogP contribution in [-0.4, -0.2) is 40.1 Å². The average Bonchev–Trinajstić information content (AvgIpc) is 3.52. The Hall–Kier alpha value is -3.35. The molecule has 1 aliphatic rings. The van der Waals surface area contributed by atoms with Crippen LogP contribution < -0.4 is 5.32 Å². The number of hydrogen-bond donors (Lipinski definition) is 2. The Morgan fingerprint density at radius 3 is 2.57 bits per heavy atom. The molecule has 5 aromatic rings. The summed E-state index contributed by atoms with van der Waals surface area (Å²) in [6, 6.07) is 20.8. The number of nitrogens with zero attached hydrogens (tertiary/aromatic N) is 7. The van der Waals surface area contributed by atoms with Crippen LogP contribution in [0.25, 0.3) is 5.69 Å². The summed E-state index contributed by atoms with van der Waals surface area (Å²) in [5, 5.41) is 36.8. The molecule has 0 saturated carbocycles. The minimum absolute atomic E-state index is 0.289. The Kier molecular flexibility index (Phi) is 5.31. The van der Waals surface area contributed by atoms with Crippen molar-refractivity contribution in [1.82, 2.24) is 35.0 Å². The van der Waals surface area contributed by atoms with Crippen LogP contribution in [0.5, 0.6) is 0 Å². The van der Waals surface area contributed by atoms with Gasteiger partial charge in [0.25, 0.3) is 0 Å². The van der Waals surface area contributed by atoms with Crippen LogP contribution in [-0.2, 0) is 12.6 Å². The molecule has 2 atom stereocenters. The van der Waals surface area contributed by atoms with E-state index in [2.05, 4.69) is 53.6 Å². The number of aromatic nitrogens is 7. The zero-order valence-corrected chi connectivity index (χ0v) is 21.3. The minimum atomic E-state index is -1.55. The third kappa shape index (κ3) is 3.60. The molecule has 1 aliphatic heterocycles. The molecule has 6 rings (SSSR count). The summed E-state index contributed by atoms with van der Waals surface area (Å²) in [6.45, 7) is 0. The molecule has 2 unspecified atom stereocenters. The van der Waals surface area contributed by atoms with Gasteiger partial charge in [0.1, 0.15) is 6.33 Å². The van der Waals surface area contributed by atoms with Gasteiger partial charge in [-0.2, -0.15) is 4.68 Å². The first-order chi connectivity index (χ1) is 16.9. The van der Waals surface area contributed by atoms with Crippen LogP contribution in [0.4, 0.5) is 5.95 Å². The molecule has 3 heterocycles. The van der Waals surface area contributed by atoms with E-state index in [-0.39, 0.29) is 6.04 Å². The first kappa shape index (κ1) is 22.1. The predicted molar refractivity (Wildman–Crippen MR) is 138 cm³/mol. The van der Waals surface area contributed by atoms with Gasteiger partial charge in [0.15, 0.2) is 11.4 Å². The zero-order valence-electron chi connectivity index (χ0n) is 18.3. The molecule has 0 spiro atoms. The van der Waals surface area contributed by atoms with Crippen molar-refractivity contribution < 1.29 is 5.11 Å². The standard InChI is InChI=1S/C24H18ClIN8O/c1-33-13-27-29-22(33)24(35,15-5-8-18(26)9-6-15)16-7-10-20-19(12-16)21(14-3-2-4-17(25)11-14)28-23-30-31-32-34(20)23/h2-13,21,35H,1H3,(H,28,30,32). The molecular weight excluding hydrogens is 579 g/mol. The third-order valence-corrected chi connectivity index (χ3v) is 7.16. The normalized spacial score (nSPS) is 16.2. The Balaban J connectivity index is 1.59. The molecule has 2 aromatic heterocycles. The molecule has 35 heavy (non-hydrogen) atoms. The monoisotopic (exact) mass is 596 g/mol. The van der Waals surface area contributed by atoms with Gasteiger partial charge in [-0.15, -0.1) is 10.2 Å². The van der Waals surface area contributed by atoms with Crippen LogP contribution in [0.15, 0.2) is 73.1 Å². The van der Waals surface area contributed by atoms with Gasteiger partial charge in [-0.3, -0.25) is 0 Å². The van der Waals surface area contributed by atoms with Gasteiger partial charge in [0.2, 0.25) is 5.95 Å². The summed E-state index contributed by atoms with van der Waals surface area (Å²) in [6.07, 6.45) is 1.58. The molecular formula is C24H18ClIN8O. The number of aryl methyl sites for hydroxylation is 1. The summed E-state index contributed by atoms with van der Waals surface area (Å²) in [5.74, 6) is 0.932. The first-order valence-electron chi connectivity index (χ1n) is 10.7. The predicted octanol–water partition coefficient (Wildman–Crippen LogP) is 3.85. The number of rotatable bonds is 4. The lowest BCUT2D eigenvalue weighted by molar-refractivity contribution is 0.112. The number of aliphatic hydroxyl groups is 1. The van der Waals surface area contributed by atoms with Crippen molar-refractivity contribution in [3.63, 3.8) is 0 Å². The third-order valence-electron chi connectivity index (χ3n) is 6.21. The van der Waals surface area contributed by atoms with Crippen molar-refractivity contribution >= 4 is 40.1 Å². The fourth-order valence-corrected chi connectivity index (χ4v) is 5.08. The van der Waals surface area contributed by atoms with E-state index in [9.17, 15) is 5.11 Å². The number of halogens is 2. The summed E-state index contributed by atoms with van der Waals surface area (Å²) in [5.41, 5.74) is 2.40. The number of fused-ring (bicyclic) bond motifs is 3. The summed E-state index contributed by atoms with van der Waals surface area (Å²) in [4.78, 5) is 0. The molecule has 0 radical (unpaired) electrons. The highest BCUT2D eigenvalue weighted by Crippen LogP contribution is 2.41. The van der Waals surface area contributed by atoms with Crippen LogP contribution in [0.1, 0.15) is 34.1 Å². The molecule has 0 saturated heterocycles. The molecule has 2 N–H and O–H groups in total.